The summed E-state index contributed by atoms with van der Waals surface area (Å²) in [4.78, 5) is 20.9. The molecule has 0 aromatic rings. The lowest BCUT2D eigenvalue weighted by molar-refractivity contribution is -0.174. The van der Waals surface area contributed by atoms with Gasteiger partial charge in [0.2, 0.25) is 5.91 Å². The van der Waals surface area contributed by atoms with E-state index in [1.807, 2.05) is 0 Å². The molecule has 0 bridgehead atoms. The number of nitrogens with one attached hydrogen (secondary N) is 2. The molecule has 0 radical (unpaired) electrons. The lowest BCUT2D eigenvalue weighted by atomic mass is 10.2. The molecule has 74 valence electrons. The van der Waals surface area contributed by atoms with Gasteiger partial charge in [-0.15, -0.1) is 0 Å². The number of carbonyl (C=O) groups is 2. The van der Waals surface area contributed by atoms with Gasteiger partial charge in [-0.1, -0.05) is 0 Å². The van der Waals surface area contributed by atoms with Crippen LogP contribution in [0.25, 0.3) is 0 Å². The Kier molecular flexibility index (Phi) is 2.44. The molecule has 1 unspecified atom stereocenters. The highest BCUT2D eigenvalue weighted by molar-refractivity contribution is 5.84. The Bertz CT molecular complexity index is 239. The Morgan fingerprint density at radius 3 is 2.54 bits per heavy atom. The Hall–Kier alpha value is -1.27. The van der Waals surface area contributed by atoms with Crippen LogP contribution < -0.4 is 10.6 Å². The second kappa shape index (κ2) is 3.23. The van der Waals surface area contributed by atoms with Gasteiger partial charge in [0.05, 0.1) is 6.04 Å². The highest BCUT2D eigenvalue weighted by atomic mass is 19.4. The van der Waals surface area contributed by atoms with E-state index in [-0.39, 0.29) is 18.9 Å². The molecular formula is C6H7F3N2O2. The molecule has 1 rings (SSSR count). The van der Waals surface area contributed by atoms with Crippen LogP contribution >= 0.6 is 0 Å². The number of amides is 2. The third-order valence-electron chi connectivity index (χ3n) is 1.57. The molecule has 1 heterocycles. The second-order valence-electron chi connectivity index (χ2n) is 2.68. The Morgan fingerprint density at radius 1 is 1.54 bits per heavy atom. The molecule has 4 nitrogen and oxygen atoms in total. The molecule has 13 heavy (non-hydrogen) atoms. The molecule has 0 aromatic carbocycles. The molecule has 1 saturated heterocycles. The molecule has 2 N–H and O–H groups in total. The van der Waals surface area contributed by atoms with Gasteiger partial charge in [-0.05, 0) is 0 Å². The van der Waals surface area contributed by atoms with E-state index in [4.69, 9.17) is 0 Å². The van der Waals surface area contributed by atoms with Crippen LogP contribution in [0.3, 0.4) is 0 Å². The van der Waals surface area contributed by atoms with Crippen molar-refractivity contribution in [3.05, 3.63) is 0 Å². The molecule has 1 atom stereocenters. The highest BCUT2D eigenvalue weighted by Crippen LogP contribution is 2.15. The van der Waals surface area contributed by atoms with Crippen molar-refractivity contribution >= 4 is 11.8 Å². The average Bonchev–Trinajstić information content (AvgIpc) is 2.33. The van der Waals surface area contributed by atoms with Crippen molar-refractivity contribution < 1.29 is 22.8 Å². The smallest absolute Gasteiger partial charge is 0.354 e. The SMILES string of the molecule is O=C1CC(NC(=O)C(F)(F)F)CN1. The molecule has 1 aliphatic rings. The maximum atomic E-state index is 11.7. The summed E-state index contributed by atoms with van der Waals surface area (Å²) in [6, 6.07) is -0.748. The van der Waals surface area contributed by atoms with Gasteiger partial charge >= 0.3 is 12.1 Å². The van der Waals surface area contributed by atoms with E-state index in [0.29, 0.717) is 0 Å². The van der Waals surface area contributed by atoms with Crippen LogP contribution in [-0.2, 0) is 9.59 Å². The Balaban J connectivity index is 2.42. The van der Waals surface area contributed by atoms with E-state index in [1.54, 1.807) is 5.32 Å². The molecule has 0 saturated carbocycles. The minimum Gasteiger partial charge on any atom is -0.354 e. The number of alkyl halides is 3. The van der Waals surface area contributed by atoms with E-state index < -0.39 is 18.1 Å². The van der Waals surface area contributed by atoms with Gasteiger partial charge in [0, 0.05) is 13.0 Å². The first-order valence-electron chi connectivity index (χ1n) is 3.54. The normalized spacial score (nSPS) is 22.7. The fourth-order valence-corrected chi connectivity index (χ4v) is 0.974. The summed E-state index contributed by atoms with van der Waals surface area (Å²) in [5.74, 6) is -2.36. The minimum atomic E-state index is -4.88. The van der Waals surface area contributed by atoms with Crippen molar-refractivity contribution in [1.29, 1.82) is 0 Å². The molecular weight excluding hydrogens is 189 g/mol. The zero-order valence-electron chi connectivity index (χ0n) is 6.44. The number of rotatable bonds is 1. The topological polar surface area (TPSA) is 58.2 Å². The van der Waals surface area contributed by atoms with Crippen molar-refractivity contribution in [1.82, 2.24) is 10.6 Å². The van der Waals surface area contributed by atoms with Crippen LogP contribution in [0.2, 0.25) is 0 Å². The first-order valence-corrected chi connectivity index (χ1v) is 3.54. The monoisotopic (exact) mass is 196 g/mol. The van der Waals surface area contributed by atoms with Gasteiger partial charge in [0.25, 0.3) is 0 Å². The maximum absolute atomic E-state index is 11.7. The molecule has 1 aliphatic heterocycles. The molecule has 1 fully saturated rings. The Morgan fingerprint density at radius 2 is 2.15 bits per heavy atom. The van der Waals surface area contributed by atoms with Crippen molar-refractivity contribution in [3.63, 3.8) is 0 Å². The van der Waals surface area contributed by atoms with Gasteiger partial charge in [0.1, 0.15) is 0 Å². The molecule has 7 heteroatoms. The molecule has 0 aromatic heterocycles. The largest absolute Gasteiger partial charge is 0.471 e. The summed E-state index contributed by atoms with van der Waals surface area (Å²) in [5, 5.41) is 4.01. The van der Waals surface area contributed by atoms with Crippen LogP contribution in [0.15, 0.2) is 0 Å². The number of carbonyl (C=O) groups excluding carboxylic acids is 2. The Labute approximate surface area is 71.5 Å². The van der Waals surface area contributed by atoms with E-state index in [1.165, 1.54) is 0 Å². The molecule has 2 amide bonds. The standard InChI is InChI=1S/C6H7F3N2O2/c7-6(8,9)5(13)11-3-1-4(12)10-2-3/h3H,1-2H2,(H,10,12)(H,11,13). The van der Waals surface area contributed by atoms with Crippen LogP contribution in [0.4, 0.5) is 13.2 Å². The van der Waals surface area contributed by atoms with Crippen LogP contribution in [0, 0.1) is 0 Å². The highest BCUT2D eigenvalue weighted by Gasteiger charge is 2.40. The summed E-state index contributed by atoms with van der Waals surface area (Å²) in [6.07, 6.45) is -4.98. The second-order valence-corrected chi connectivity index (χ2v) is 2.68. The summed E-state index contributed by atoms with van der Waals surface area (Å²) in [6.45, 7) is 0.0562. The zero-order valence-corrected chi connectivity index (χ0v) is 6.44. The number of hydrogen-bond donors (Lipinski definition) is 2. The summed E-state index contributed by atoms with van der Waals surface area (Å²) >= 11 is 0. The summed E-state index contributed by atoms with van der Waals surface area (Å²) < 4.78 is 35.0. The van der Waals surface area contributed by atoms with Gasteiger partial charge in [-0.3, -0.25) is 9.59 Å². The van der Waals surface area contributed by atoms with Crippen molar-refractivity contribution in [2.45, 2.75) is 18.6 Å². The number of halogens is 3. The minimum absolute atomic E-state index is 0.0562. The summed E-state index contributed by atoms with van der Waals surface area (Å²) in [5.41, 5.74) is 0. The first-order chi connectivity index (χ1) is 5.89. The zero-order chi connectivity index (χ0) is 10.1. The van der Waals surface area contributed by atoms with Crippen molar-refractivity contribution in [2.75, 3.05) is 6.54 Å². The lowest BCUT2D eigenvalue weighted by Gasteiger charge is -2.11. The van der Waals surface area contributed by atoms with Crippen LogP contribution in [0.5, 0.6) is 0 Å². The first kappa shape index (κ1) is 9.82. The third-order valence-corrected chi connectivity index (χ3v) is 1.57. The van der Waals surface area contributed by atoms with E-state index in [0.717, 1.165) is 0 Å². The maximum Gasteiger partial charge on any atom is 0.471 e. The quantitative estimate of drug-likeness (QED) is 0.597. The summed E-state index contributed by atoms with van der Waals surface area (Å²) in [7, 11) is 0. The van der Waals surface area contributed by atoms with Crippen LogP contribution in [0.1, 0.15) is 6.42 Å². The molecule has 0 aliphatic carbocycles. The van der Waals surface area contributed by atoms with Gasteiger partial charge < -0.3 is 10.6 Å². The predicted molar refractivity (Wildman–Crippen MR) is 35.6 cm³/mol. The molecule has 0 spiro atoms. The van der Waals surface area contributed by atoms with Gasteiger partial charge in [-0.25, -0.2) is 0 Å². The van der Waals surface area contributed by atoms with E-state index in [9.17, 15) is 22.8 Å². The lowest BCUT2D eigenvalue weighted by Crippen LogP contribution is -2.43. The van der Waals surface area contributed by atoms with E-state index >= 15 is 0 Å². The number of hydrogen-bond acceptors (Lipinski definition) is 2. The van der Waals surface area contributed by atoms with E-state index in [2.05, 4.69) is 5.32 Å². The van der Waals surface area contributed by atoms with Gasteiger partial charge in [-0.2, -0.15) is 13.2 Å². The van der Waals surface area contributed by atoms with Crippen molar-refractivity contribution in [3.8, 4) is 0 Å². The average molecular weight is 196 g/mol. The third kappa shape index (κ3) is 2.60. The van der Waals surface area contributed by atoms with Crippen molar-refractivity contribution in [2.24, 2.45) is 0 Å². The van der Waals surface area contributed by atoms with Gasteiger partial charge in [0.15, 0.2) is 0 Å². The fourth-order valence-electron chi connectivity index (χ4n) is 0.974. The van der Waals surface area contributed by atoms with Crippen LogP contribution in [-0.4, -0.2) is 30.6 Å². The fraction of sp³-hybridized carbons (Fsp3) is 0.667. The predicted octanol–water partition coefficient (Wildman–Crippen LogP) is -0.447.